The fourth-order valence-electron chi connectivity index (χ4n) is 2.42. The molecule has 104 valence electrons. The summed E-state index contributed by atoms with van der Waals surface area (Å²) < 4.78 is 0. The lowest BCUT2D eigenvalue weighted by molar-refractivity contribution is -0.124. The SMILES string of the molecule is CC(CNC(=O)C1CCC(N)C1)Sc1ccccc1. The van der Waals surface area contributed by atoms with Crippen molar-refractivity contribution in [3.05, 3.63) is 30.3 Å². The second-order valence-electron chi connectivity index (χ2n) is 5.26. The van der Waals surface area contributed by atoms with Gasteiger partial charge in [0.1, 0.15) is 0 Å². The number of carbonyl (C=O) groups excluding carboxylic acids is 1. The Morgan fingerprint density at radius 3 is 2.79 bits per heavy atom. The molecule has 0 spiro atoms. The van der Waals surface area contributed by atoms with E-state index in [1.54, 1.807) is 11.8 Å². The normalized spacial score (nSPS) is 24.1. The Kier molecular flexibility index (Phi) is 5.28. The Balaban J connectivity index is 1.71. The van der Waals surface area contributed by atoms with Crippen LogP contribution in [-0.4, -0.2) is 23.7 Å². The van der Waals surface area contributed by atoms with E-state index in [4.69, 9.17) is 5.73 Å². The Labute approximate surface area is 119 Å². The summed E-state index contributed by atoms with van der Waals surface area (Å²) in [4.78, 5) is 13.2. The molecule has 3 nitrogen and oxygen atoms in total. The van der Waals surface area contributed by atoms with Crippen molar-refractivity contribution in [3.63, 3.8) is 0 Å². The fraction of sp³-hybridized carbons (Fsp3) is 0.533. The summed E-state index contributed by atoms with van der Waals surface area (Å²) in [5.74, 6) is 0.303. The van der Waals surface area contributed by atoms with Crippen molar-refractivity contribution < 1.29 is 4.79 Å². The lowest BCUT2D eigenvalue weighted by Crippen LogP contribution is -2.34. The number of nitrogens with two attached hydrogens (primary N) is 1. The maximum atomic E-state index is 12.0. The lowest BCUT2D eigenvalue weighted by Gasteiger charge is -2.15. The molecule has 1 amide bonds. The van der Waals surface area contributed by atoms with E-state index >= 15 is 0 Å². The van der Waals surface area contributed by atoms with E-state index in [2.05, 4.69) is 24.4 Å². The zero-order chi connectivity index (χ0) is 13.7. The van der Waals surface area contributed by atoms with E-state index in [9.17, 15) is 4.79 Å². The Morgan fingerprint density at radius 1 is 1.42 bits per heavy atom. The Morgan fingerprint density at radius 2 is 2.16 bits per heavy atom. The van der Waals surface area contributed by atoms with Gasteiger partial charge in [0, 0.05) is 28.6 Å². The molecular formula is C15H22N2OS. The zero-order valence-corrected chi connectivity index (χ0v) is 12.2. The van der Waals surface area contributed by atoms with Crippen LogP contribution in [0.2, 0.25) is 0 Å². The van der Waals surface area contributed by atoms with E-state index in [0.717, 1.165) is 19.3 Å². The minimum atomic E-state index is 0.129. The standard InChI is InChI=1S/C15H22N2OS/c1-11(19-14-5-3-2-4-6-14)10-17-15(18)12-7-8-13(16)9-12/h2-6,11-13H,7-10,16H2,1H3,(H,17,18). The molecule has 1 saturated carbocycles. The molecule has 1 aliphatic rings. The highest BCUT2D eigenvalue weighted by Crippen LogP contribution is 2.25. The molecule has 0 aromatic heterocycles. The van der Waals surface area contributed by atoms with E-state index in [0.29, 0.717) is 11.8 Å². The van der Waals surface area contributed by atoms with Gasteiger partial charge in [-0.25, -0.2) is 0 Å². The maximum Gasteiger partial charge on any atom is 0.223 e. The van der Waals surface area contributed by atoms with Gasteiger partial charge in [0.25, 0.3) is 0 Å². The van der Waals surface area contributed by atoms with Crippen LogP contribution in [0.25, 0.3) is 0 Å². The highest BCUT2D eigenvalue weighted by molar-refractivity contribution is 8.00. The van der Waals surface area contributed by atoms with Gasteiger partial charge >= 0.3 is 0 Å². The summed E-state index contributed by atoms with van der Waals surface area (Å²) in [6, 6.07) is 10.5. The number of thioether (sulfide) groups is 1. The number of amides is 1. The largest absolute Gasteiger partial charge is 0.355 e. The van der Waals surface area contributed by atoms with Crippen LogP contribution in [0, 0.1) is 5.92 Å². The molecule has 0 bridgehead atoms. The average molecular weight is 278 g/mol. The van der Waals surface area contributed by atoms with Gasteiger partial charge in [0.05, 0.1) is 0 Å². The van der Waals surface area contributed by atoms with Crippen molar-refractivity contribution in [1.29, 1.82) is 0 Å². The third kappa shape index (κ3) is 4.55. The molecule has 1 fully saturated rings. The zero-order valence-electron chi connectivity index (χ0n) is 11.3. The van der Waals surface area contributed by atoms with Gasteiger partial charge in [0.15, 0.2) is 0 Å². The van der Waals surface area contributed by atoms with Gasteiger partial charge in [0.2, 0.25) is 5.91 Å². The van der Waals surface area contributed by atoms with Crippen LogP contribution >= 0.6 is 11.8 Å². The van der Waals surface area contributed by atoms with Crippen LogP contribution < -0.4 is 11.1 Å². The molecule has 2 rings (SSSR count). The van der Waals surface area contributed by atoms with Crippen LogP contribution in [0.15, 0.2) is 35.2 Å². The van der Waals surface area contributed by atoms with Crippen molar-refractivity contribution in [2.75, 3.05) is 6.54 Å². The Bertz CT molecular complexity index is 410. The molecule has 3 atom stereocenters. The quantitative estimate of drug-likeness (QED) is 0.813. The van der Waals surface area contributed by atoms with Gasteiger partial charge in [-0.1, -0.05) is 25.1 Å². The number of hydrogen-bond acceptors (Lipinski definition) is 3. The van der Waals surface area contributed by atoms with Crippen LogP contribution in [0.3, 0.4) is 0 Å². The third-order valence-corrected chi connectivity index (χ3v) is 4.60. The predicted octanol–water partition coefficient (Wildman–Crippen LogP) is 2.41. The van der Waals surface area contributed by atoms with Gasteiger partial charge in [-0.3, -0.25) is 4.79 Å². The first-order chi connectivity index (χ1) is 9.15. The van der Waals surface area contributed by atoms with E-state index < -0.39 is 0 Å². The van der Waals surface area contributed by atoms with E-state index in [1.807, 2.05) is 18.2 Å². The molecule has 1 aromatic rings. The number of hydrogen-bond donors (Lipinski definition) is 2. The van der Waals surface area contributed by atoms with E-state index in [1.165, 1.54) is 4.90 Å². The summed E-state index contributed by atoms with van der Waals surface area (Å²) in [7, 11) is 0. The molecule has 0 radical (unpaired) electrons. The number of rotatable bonds is 5. The van der Waals surface area contributed by atoms with Crippen LogP contribution in [0.4, 0.5) is 0 Å². The van der Waals surface area contributed by atoms with Crippen molar-refractivity contribution in [3.8, 4) is 0 Å². The first kappa shape index (κ1) is 14.4. The topological polar surface area (TPSA) is 55.1 Å². The highest BCUT2D eigenvalue weighted by Gasteiger charge is 2.27. The summed E-state index contributed by atoms with van der Waals surface area (Å²) in [5, 5.41) is 3.43. The minimum absolute atomic E-state index is 0.129. The third-order valence-electron chi connectivity index (χ3n) is 3.49. The Hall–Kier alpha value is -1.00. The summed E-state index contributed by atoms with van der Waals surface area (Å²) >= 11 is 1.79. The fourth-order valence-corrected chi connectivity index (χ4v) is 3.36. The van der Waals surface area contributed by atoms with Crippen molar-refractivity contribution in [1.82, 2.24) is 5.32 Å². The van der Waals surface area contributed by atoms with Gasteiger partial charge in [-0.15, -0.1) is 11.8 Å². The molecule has 4 heteroatoms. The second-order valence-corrected chi connectivity index (χ2v) is 6.77. The first-order valence-corrected chi connectivity index (χ1v) is 7.78. The first-order valence-electron chi connectivity index (χ1n) is 6.90. The second kappa shape index (κ2) is 6.96. The molecular weight excluding hydrogens is 256 g/mol. The molecule has 1 aliphatic carbocycles. The number of carbonyl (C=O) groups is 1. The number of benzene rings is 1. The van der Waals surface area contributed by atoms with Crippen molar-refractivity contribution in [2.45, 2.75) is 42.4 Å². The molecule has 0 aliphatic heterocycles. The van der Waals surface area contributed by atoms with E-state index in [-0.39, 0.29) is 17.9 Å². The van der Waals surface area contributed by atoms with Crippen molar-refractivity contribution >= 4 is 17.7 Å². The summed E-state index contributed by atoms with van der Waals surface area (Å²) in [5.41, 5.74) is 5.84. The highest BCUT2D eigenvalue weighted by atomic mass is 32.2. The lowest BCUT2D eigenvalue weighted by atomic mass is 10.1. The van der Waals surface area contributed by atoms with Crippen LogP contribution in [0.5, 0.6) is 0 Å². The molecule has 19 heavy (non-hydrogen) atoms. The van der Waals surface area contributed by atoms with Gasteiger partial charge in [-0.2, -0.15) is 0 Å². The summed E-state index contributed by atoms with van der Waals surface area (Å²) in [6.07, 6.45) is 2.76. The van der Waals surface area contributed by atoms with Gasteiger partial charge < -0.3 is 11.1 Å². The summed E-state index contributed by atoms with van der Waals surface area (Å²) in [6.45, 7) is 2.85. The van der Waals surface area contributed by atoms with Gasteiger partial charge in [-0.05, 0) is 31.4 Å². The molecule has 3 unspecified atom stereocenters. The molecule has 3 N–H and O–H groups in total. The molecule has 1 aromatic carbocycles. The smallest absolute Gasteiger partial charge is 0.223 e. The monoisotopic (exact) mass is 278 g/mol. The predicted molar refractivity (Wildman–Crippen MR) is 80.1 cm³/mol. The molecule has 0 saturated heterocycles. The van der Waals surface area contributed by atoms with Crippen molar-refractivity contribution in [2.24, 2.45) is 11.7 Å². The minimum Gasteiger partial charge on any atom is -0.355 e. The average Bonchev–Trinajstić information content (AvgIpc) is 2.84. The number of nitrogens with one attached hydrogen (secondary N) is 1. The van der Waals surface area contributed by atoms with Crippen LogP contribution in [-0.2, 0) is 4.79 Å². The molecule has 0 heterocycles. The van der Waals surface area contributed by atoms with Crippen LogP contribution in [0.1, 0.15) is 26.2 Å². The maximum absolute atomic E-state index is 12.0.